The van der Waals surface area contributed by atoms with Crippen LogP contribution in [0, 0.1) is 0 Å². The van der Waals surface area contributed by atoms with Crippen molar-refractivity contribution < 1.29 is 10.2 Å². The van der Waals surface area contributed by atoms with Crippen molar-refractivity contribution in [2.24, 2.45) is 0 Å². The molecule has 18 heavy (non-hydrogen) atoms. The minimum Gasteiger partial charge on any atom is -0.390 e. The molecule has 0 aromatic heterocycles. The van der Waals surface area contributed by atoms with E-state index in [-0.39, 0.29) is 0 Å². The molecule has 1 aromatic rings. The molecule has 2 atom stereocenters. The maximum Gasteiger partial charge on any atom is 0.0761 e. The third-order valence-electron chi connectivity index (χ3n) is 3.80. The van der Waals surface area contributed by atoms with Gasteiger partial charge >= 0.3 is 0 Å². The predicted octanol–water partition coefficient (Wildman–Crippen LogP) is 2.48. The van der Waals surface area contributed by atoms with Crippen molar-refractivity contribution >= 4 is 5.69 Å². The molecular weight excluding hydrogens is 226 g/mol. The molecule has 3 nitrogen and oxygen atoms in total. The third-order valence-corrected chi connectivity index (χ3v) is 3.80. The molecule has 1 aliphatic rings. The molecule has 100 valence electrons. The average Bonchev–Trinajstić information content (AvgIpc) is 2.50. The minimum atomic E-state index is -0.520. The van der Waals surface area contributed by atoms with Crippen LogP contribution >= 0.6 is 0 Å². The topological polar surface area (TPSA) is 43.7 Å². The van der Waals surface area contributed by atoms with Gasteiger partial charge in [0.05, 0.1) is 11.7 Å². The van der Waals surface area contributed by atoms with E-state index in [1.165, 1.54) is 5.69 Å². The van der Waals surface area contributed by atoms with E-state index in [1.807, 2.05) is 19.1 Å². The van der Waals surface area contributed by atoms with Gasteiger partial charge in [-0.25, -0.2) is 0 Å². The summed E-state index contributed by atoms with van der Waals surface area (Å²) in [5.74, 6) is 0. The van der Waals surface area contributed by atoms with Crippen LogP contribution in [-0.4, -0.2) is 28.9 Å². The van der Waals surface area contributed by atoms with E-state index in [2.05, 4.69) is 17.0 Å². The summed E-state index contributed by atoms with van der Waals surface area (Å²) in [7, 11) is 0. The first kappa shape index (κ1) is 13.4. The molecule has 1 saturated heterocycles. The van der Waals surface area contributed by atoms with E-state index in [1.54, 1.807) is 6.92 Å². The molecule has 1 heterocycles. The lowest BCUT2D eigenvalue weighted by Crippen LogP contribution is -2.28. The van der Waals surface area contributed by atoms with E-state index in [0.717, 1.165) is 37.9 Å². The maximum absolute atomic E-state index is 10.1. The fourth-order valence-electron chi connectivity index (χ4n) is 2.49. The van der Waals surface area contributed by atoms with Crippen LogP contribution in [0.4, 0.5) is 5.69 Å². The van der Waals surface area contributed by atoms with Crippen molar-refractivity contribution in [3.8, 4) is 0 Å². The predicted molar refractivity (Wildman–Crippen MR) is 73.8 cm³/mol. The molecule has 1 aliphatic heterocycles. The zero-order valence-electron chi connectivity index (χ0n) is 11.3. The summed E-state index contributed by atoms with van der Waals surface area (Å²) in [5.41, 5.74) is 1.60. The number of hydrogen-bond acceptors (Lipinski definition) is 3. The number of nitrogens with zero attached hydrogens (tertiary/aromatic N) is 1. The molecule has 0 amide bonds. The number of rotatable bonds is 2. The van der Waals surface area contributed by atoms with Crippen molar-refractivity contribution in [3.63, 3.8) is 0 Å². The van der Waals surface area contributed by atoms with Crippen molar-refractivity contribution in [3.05, 3.63) is 29.8 Å². The summed E-state index contributed by atoms with van der Waals surface area (Å²) < 4.78 is 0. The number of aliphatic hydroxyl groups is 2. The highest BCUT2D eigenvalue weighted by molar-refractivity contribution is 5.48. The minimum absolute atomic E-state index is 0.413. The SMILES string of the molecule is C[C@H](O)c1ccc(N2CCCC(C)(O)CC2)cc1. The smallest absolute Gasteiger partial charge is 0.0761 e. The van der Waals surface area contributed by atoms with Crippen LogP contribution in [-0.2, 0) is 0 Å². The van der Waals surface area contributed by atoms with Crippen LogP contribution in [0.25, 0.3) is 0 Å². The fraction of sp³-hybridized carbons (Fsp3) is 0.600. The number of hydrogen-bond donors (Lipinski definition) is 2. The Hall–Kier alpha value is -1.06. The monoisotopic (exact) mass is 249 g/mol. The van der Waals surface area contributed by atoms with Gasteiger partial charge < -0.3 is 15.1 Å². The zero-order valence-corrected chi connectivity index (χ0v) is 11.3. The van der Waals surface area contributed by atoms with Crippen molar-refractivity contribution in [1.29, 1.82) is 0 Å². The highest BCUT2D eigenvalue weighted by Gasteiger charge is 2.24. The van der Waals surface area contributed by atoms with E-state index in [4.69, 9.17) is 0 Å². The fourth-order valence-corrected chi connectivity index (χ4v) is 2.49. The summed E-state index contributed by atoms with van der Waals surface area (Å²) in [6.45, 7) is 5.58. The first-order valence-electron chi connectivity index (χ1n) is 6.73. The summed E-state index contributed by atoms with van der Waals surface area (Å²) in [4.78, 5) is 2.31. The van der Waals surface area contributed by atoms with Gasteiger partial charge in [-0.3, -0.25) is 0 Å². The van der Waals surface area contributed by atoms with Crippen molar-refractivity contribution in [1.82, 2.24) is 0 Å². The molecule has 3 heteroatoms. The Morgan fingerprint density at radius 1 is 1.17 bits per heavy atom. The van der Waals surface area contributed by atoms with Crippen LogP contribution in [0.2, 0.25) is 0 Å². The van der Waals surface area contributed by atoms with Gasteiger partial charge in [-0.05, 0) is 50.8 Å². The van der Waals surface area contributed by atoms with Gasteiger partial charge in [0.2, 0.25) is 0 Å². The van der Waals surface area contributed by atoms with Gasteiger partial charge in [-0.15, -0.1) is 0 Å². The largest absolute Gasteiger partial charge is 0.390 e. The van der Waals surface area contributed by atoms with E-state index >= 15 is 0 Å². The summed E-state index contributed by atoms with van der Waals surface area (Å²) in [6, 6.07) is 8.07. The maximum atomic E-state index is 10.1. The molecule has 2 N–H and O–H groups in total. The highest BCUT2D eigenvalue weighted by atomic mass is 16.3. The van der Waals surface area contributed by atoms with Gasteiger partial charge in [0.25, 0.3) is 0 Å². The van der Waals surface area contributed by atoms with Crippen molar-refractivity contribution in [2.45, 2.75) is 44.8 Å². The molecule has 1 aromatic carbocycles. The van der Waals surface area contributed by atoms with Gasteiger partial charge in [-0.1, -0.05) is 12.1 Å². The Bertz CT molecular complexity index is 384. The lowest BCUT2D eigenvalue weighted by atomic mass is 9.98. The molecule has 0 radical (unpaired) electrons. The standard InChI is InChI=1S/C15H23NO2/c1-12(17)13-4-6-14(7-5-13)16-10-3-8-15(2,18)9-11-16/h4-7,12,17-18H,3,8-11H2,1-2H3/t12-,15?/m0/s1. The van der Waals surface area contributed by atoms with Gasteiger partial charge in [-0.2, -0.15) is 0 Å². The van der Waals surface area contributed by atoms with Gasteiger partial charge in [0.15, 0.2) is 0 Å². The Morgan fingerprint density at radius 3 is 2.44 bits per heavy atom. The normalized spacial score (nSPS) is 26.8. The molecular formula is C15H23NO2. The van der Waals surface area contributed by atoms with Crippen LogP contribution in [0.3, 0.4) is 0 Å². The number of anilines is 1. The summed E-state index contributed by atoms with van der Waals surface area (Å²) in [6.07, 6.45) is 2.29. The van der Waals surface area contributed by atoms with Crippen LogP contribution in [0.1, 0.15) is 44.8 Å². The Morgan fingerprint density at radius 2 is 1.83 bits per heavy atom. The van der Waals surface area contributed by atoms with Crippen LogP contribution in [0.5, 0.6) is 0 Å². The molecule has 1 unspecified atom stereocenters. The van der Waals surface area contributed by atoms with E-state index < -0.39 is 11.7 Å². The second kappa shape index (κ2) is 5.29. The molecule has 1 fully saturated rings. The van der Waals surface area contributed by atoms with Crippen LogP contribution < -0.4 is 4.90 Å². The zero-order chi connectivity index (χ0) is 13.2. The first-order chi connectivity index (χ1) is 8.48. The van der Waals surface area contributed by atoms with Gasteiger partial charge in [0, 0.05) is 18.8 Å². The molecule has 2 rings (SSSR count). The lowest BCUT2D eigenvalue weighted by Gasteiger charge is -2.24. The second-order valence-corrected chi connectivity index (χ2v) is 5.61. The molecule has 0 spiro atoms. The Kier molecular flexibility index (Phi) is 3.93. The highest BCUT2D eigenvalue weighted by Crippen LogP contribution is 2.26. The molecule has 0 saturated carbocycles. The lowest BCUT2D eigenvalue weighted by molar-refractivity contribution is 0.0481. The molecule has 0 aliphatic carbocycles. The summed E-state index contributed by atoms with van der Waals surface area (Å²) in [5, 5.41) is 19.6. The van der Waals surface area contributed by atoms with Crippen LogP contribution in [0.15, 0.2) is 24.3 Å². The number of aliphatic hydroxyl groups excluding tert-OH is 1. The number of benzene rings is 1. The van der Waals surface area contributed by atoms with E-state index in [9.17, 15) is 10.2 Å². The second-order valence-electron chi connectivity index (χ2n) is 5.61. The first-order valence-corrected chi connectivity index (χ1v) is 6.73. The van der Waals surface area contributed by atoms with Crippen molar-refractivity contribution in [2.75, 3.05) is 18.0 Å². The average molecular weight is 249 g/mol. The third kappa shape index (κ3) is 3.24. The Labute approximate surface area is 109 Å². The Balaban J connectivity index is 2.07. The van der Waals surface area contributed by atoms with E-state index in [0.29, 0.717) is 0 Å². The van der Waals surface area contributed by atoms with Gasteiger partial charge in [0.1, 0.15) is 0 Å². The summed E-state index contributed by atoms with van der Waals surface area (Å²) >= 11 is 0. The quantitative estimate of drug-likeness (QED) is 0.846. The molecule has 0 bridgehead atoms.